The number of likely N-dealkylation sites (tertiary alicyclic amines) is 1. The number of furan rings is 1. The Morgan fingerprint density at radius 2 is 2.21 bits per heavy atom. The molecule has 0 bridgehead atoms. The van der Waals surface area contributed by atoms with Crippen molar-refractivity contribution < 1.29 is 14.3 Å². The highest BCUT2D eigenvalue weighted by atomic mass is 16.4. The van der Waals surface area contributed by atoms with Crippen LogP contribution in [0.5, 0.6) is 0 Å². The van der Waals surface area contributed by atoms with E-state index in [1.165, 1.54) is 19.3 Å². The van der Waals surface area contributed by atoms with Crippen LogP contribution in [0, 0.1) is 11.3 Å². The SMILES string of the molecule is O=C(O)[C@@H]1CN(Cc2ccco2)CC12CCCCC2. The molecule has 1 saturated heterocycles. The molecule has 1 aliphatic heterocycles. The molecule has 3 rings (SSSR count). The zero-order chi connectivity index (χ0) is 13.3. The van der Waals surface area contributed by atoms with Crippen LogP contribution in [0.25, 0.3) is 0 Å². The maximum atomic E-state index is 11.6. The van der Waals surface area contributed by atoms with Gasteiger partial charge in [0, 0.05) is 13.1 Å². The predicted octanol–water partition coefficient (Wildman–Crippen LogP) is 2.75. The third-order valence-corrected chi connectivity index (χ3v) is 4.83. The number of aliphatic carboxylic acids is 1. The summed E-state index contributed by atoms with van der Waals surface area (Å²) in [5, 5.41) is 9.52. The van der Waals surface area contributed by atoms with E-state index in [0.717, 1.165) is 31.7 Å². The zero-order valence-electron chi connectivity index (χ0n) is 11.2. The van der Waals surface area contributed by atoms with Crippen molar-refractivity contribution in [3.8, 4) is 0 Å². The third-order valence-electron chi connectivity index (χ3n) is 4.83. The second-order valence-electron chi connectivity index (χ2n) is 6.06. The number of carbonyl (C=O) groups is 1. The first-order valence-electron chi connectivity index (χ1n) is 7.17. The summed E-state index contributed by atoms with van der Waals surface area (Å²) in [5.74, 6) is 0.101. The maximum Gasteiger partial charge on any atom is 0.308 e. The summed E-state index contributed by atoms with van der Waals surface area (Å²) in [5.41, 5.74) is 0.0106. The van der Waals surface area contributed by atoms with Gasteiger partial charge in [0.25, 0.3) is 0 Å². The Kier molecular flexibility index (Phi) is 3.35. The minimum atomic E-state index is -0.621. The molecular formula is C15H21NO3. The van der Waals surface area contributed by atoms with E-state index in [0.29, 0.717) is 6.54 Å². The molecule has 0 unspecified atom stereocenters. The predicted molar refractivity (Wildman–Crippen MR) is 70.6 cm³/mol. The van der Waals surface area contributed by atoms with Crippen molar-refractivity contribution in [1.82, 2.24) is 4.90 Å². The largest absolute Gasteiger partial charge is 0.481 e. The summed E-state index contributed by atoms with van der Waals surface area (Å²) in [4.78, 5) is 13.8. The van der Waals surface area contributed by atoms with Crippen molar-refractivity contribution >= 4 is 5.97 Å². The molecule has 0 aromatic carbocycles. The van der Waals surface area contributed by atoms with Gasteiger partial charge in [-0.2, -0.15) is 0 Å². The van der Waals surface area contributed by atoms with Gasteiger partial charge in [-0.15, -0.1) is 0 Å². The van der Waals surface area contributed by atoms with Crippen LogP contribution in [0.15, 0.2) is 22.8 Å². The molecule has 1 aromatic rings. The average molecular weight is 263 g/mol. The Hall–Kier alpha value is -1.29. The number of nitrogens with zero attached hydrogens (tertiary/aromatic N) is 1. The van der Waals surface area contributed by atoms with Gasteiger partial charge < -0.3 is 9.52 Å². The summed E-state index contributed by atoms with van der Waals surface area (Å²) >= 11 is 0. The molecule has 2 heterocycles. The third kappa shape index (κ3) is 2.41. The molecule has 1 N–H and O–H groups in total. The molecule has 1 aromatic heterocycles. The Bertz CT molecular complexity index is 434. The van der Waals surface area contributed by atoms with Gasteiger partial charge >= 0.3 is 5.97 Å². The van der Waals surface area contributed by atoms with Crippen LogP contribution in [-0.4, -0.2) is 29.1 Å². The van der Waals surface area contributed by atoms with Gasteiger partial charge in [0.15, 0.2) is 0 Å². The molecule has 2 aliphatic rings. The second kappa shape index (κ2) is 5.00. The van der Waals surface area contributed by atoms with Crippen molar-refractivity contribution in [2.75, 3.05) is 13.1 Å². The molecule has 19 heavy (non-hydrogen) atoms. The first kappa shape index (κ1) is 12.7. The molecule has 0 amide bonds. The normalized spacial score (nSPS) is 26.8. The number of carboxylic acid groups (broad SMARTS) is 1. The average Bonchev–Trinajstić information content (AvgIpc) is 2.99. The molecule has 1 spiro atoms. The fourth-order valence-corrected chi connectivity index (χ4v) is 3.92. The highest BCUT2D eigenvalue weighted by Gasteiger charge is 2.50. The number of carboxylic acids is 1. The van der Waals surface area contributed by atoms with Crippen LogP contribution in [0.2, 0.25) is 0 Å². The van der Waals surface area contributed by atoms with Crippen molar-refractivity contribution in [3.05, 3.63) is 24.2 Å². The lowest BCUT2D eigenvalue weighted by molar-refractivity contribution is -0.145. The Balaban J connectivity index is 1.74. The van der Waals surface area contributed by atoms with E-state index < -0.39 is 5.97 Å². The van der Waals surface area contributed by atoms with Gasteiger partial charge in [-0.05, 0) is 30.4 Å². The lowest BCUT2D eigenvalue weighted by Crippen LogP contribution is -2.36. The van der Waals surface area contributed by atoms with E-state index in [1.807, 2.05) is 12.1 Å². The van der Waals surface area contributed by atoms with Crippen LogP contribution < -0.4 is 0 Å². The van der Waals surface area contributed by atoms with Crippen LogP contribution in [0.4, 0.5) is 0 Å². The van der Waals surface area contributed by atoms with E-state index in [1.54, 1.807) is 6.26 Å². The Morgan fingerprint density at radius 3 is 2.84 bits per heavy atom. The first-order chi connectivity index (χ1) is 9.20. The smallest absolute Gasteiger partial charge is 0.308 e. The van der Waals surface area contributed by atoms with Crippen molar-refractivity contribution in [2.45, 2.75) is 38.6 Å². The highest BCUT2D eigenvalue weighted by molar-refractivity contribution is 5.72. The molecule has 4 nitrogen and oxygen atoms in total. The number of hydrogen-bond donors (Lipinski definition) is 1. The molecule has 0 radical (unpaired) electrons. The van der Waals surface area contributed by atoms with Crippen LogP contribution in [-0.2, 0) is 11.3 Å². The van der Waals surface area contributed by atoms with Gasteiger partial charge in [-0.1, -0.05) is 19.3 Å². The van der Waals surface area contributed by atoms with Crippen LogP contribution in [0.1, 0.15) is 37.9 Å². The quantitative estimate of drug-likeness (QED) is 0.911. The molecule has 1 atom stereocenters. The number of hydrogen-bond acceptors (Lipinski definition) is 3. The first-order valence-corrected chi connectivity index (χ1v) is 7.17. The fraction of sp³-hybridized carbons (Fsp3) is 0.667. The standard InChI is InChI=1S/C15H21NO3/c17-14(18)13-10-16(9-12-5-4-8-19-12)11-15(13)6-2-1-3-7-15/h4-5,8,13H,1-3,6-7,9-11H2,(H,17,18)/t13-/m0/s1. The van der Waals surface area contributed by atoms with E-state index in [9.17, 15) is 9.90 Å². The minimum absolute atomic E-state index is 0.0106. The fourth-order valence-electron chi connectivity index (χ4n) is 3.92. The lowest BCUT2D eigenvalue weighted by Gasteiger charge is -2.36. The topological polar surface area (TPSA) is 53.7 Å². The Morgan fingerprint density at radius 1 is 1.42 bits per heavy atom. The zero-order valence-corrected chi connectivity index (χ0v) is 11.2. The summed E-state index contributed by atoms with van der Waals surface area (Å²) in [7, 11) is 0. The van der Waals surface area contributed by atoms with Crippen molar-refractivity contribution in [3.63, 3.8) is 0 Å². The number of rotatable bonds is 3. The van der Waals surface area contributed by atoms with Crippen LogP contribution in [0.3, 0.4) is 0 Å². The van der Waals surface area contributed by atoms with E-state index >= 15 is 0 Å². The molecule has 2 fully saturated rings. The summed E-state index contributed by atoms with van der Waals surface area (Å²) in [6, 6.07) is 3.85. The van der Waals surface area contributed by atoms with Crippen molar-refractivity contribution in [2.24, 2.45) is 11.3 Å². The van der Waals surface area contributed by atoms with Gasteiger partial charge in [0.2, 0.25) is 0 Å². The molecule has 104 valence electrons. The van der Waals surface area contributed by atoms with E-state index in [2.05, 4.69) is 4.90 Å². The molecule has 1 aliphatic carbocycles. The molecule has 4 heteroatoms. The van der Waals surface area contributed by atoms with Crippen molar-refractivity contribution in [1.29, 1.82) is 0 Å². The summed E-state index contributed by atoms with van der Waals surface area (Å²) in [6.45, 7) is 2.30. The highest BCUT2D eigenvalue weighted by Crippen LogP contribution is 2.47. The lowest BCUT2D eigenvalue weighted by atomic mass is 9.68. The van der Waals surface area contributed by atoms with Gasteiger partial charge in [0.1, 0.15) is 5.76 Å². The summed E-state index contributed by atoms with van der Waals surface area (Å²) in [6.07, 6.45) is 7.43. The molecular weight excluding hydrogens is 242 g/mol. The van der Waals surface area contributed by atoms with Gasteiger partial charge in [-0.3, -0.25) is 9.69 Å². The second-order valence-corrected chi connectivity index (χ2v) is 6.06. The maximum absolute atomic E-state index is 11.6. The van der Waals surface area contributed by atoms with Gasteiger partial charge in [0.05, 0.1) is 18.7 Å². The minimum Gasteiger partial charge on any atom is -0.481 e. The Labute approximate surface area is 113 Å². The van der Waals surface area contributed by atoms with Crippen LogP contribution >= 0.6 is 0 Å². The van der Waals surface area contributed by atoms with E-state index in [-0.39, 0.29) is 11.3 Å². The summed E-state index contributed by atoms with van der Waals surface area (Å²) < 4.78 is 5.38. The molecule has 1 saturated carbocycles. The van der Waals surface area contributed by atoms with E-state index in [4.69, 9.17) is 4.42 Å². The monoisotopic (exact) mass is 263 g/mol. The van der Waals surface area contributed by atoms with Gasteiger partial charge in [-0.25, -0.2) is 0 Å².